The molecule has 122 valence electrons. The molecule has 0 aliphatic carbocycles. The van der Waals surface area contributed by atoms with Crippen LogP contribution in [0.2, 0.25) is 0 Å². The van der Waals surface area contributed by atoms with Crippen LogP contribution < -0.4 is 5.32 Å². The smallest absolute Gasteiger partial charge is 0.303 e. The molecular weight excluding hydrogens is 296 g/mol. The molecule has 0 unspecified atom stereocenters. The predicted molar refractivity (Wildman–Crippen MR) is 85.1 cm³/mol. The van der Waals surface area contributed by atoms with E-state index in [4.69, 9.17) is 9.52 Å². The van der Waals surface area contributed by atoms with E-state index in [0.29, 0.717) is 18.1 Å². The molecule has 6 nitrogen and oxygen atoms in total. The van der Waals surface area contributed by atoms with Gasteiger partial charge in [-0.3, -0.25) is 9.59 Å². The van der Waals surface area contributed by atoms with Crippen molar-refractivity contribution in [3.8, 4) is 11.5 Å². The predicted octanol–water partition coefficient (Wildman–Crippen LogP) is 3.02. The van der Waals surface area contributed by atoms with Gasteiger partial charge in [-0.2, -0.15) is 0 Å². The Hall–Kier alpha value is -2.63. The summed E-state index contributed by atoms with van der Waals surface area (Å²) in [4.78, 5) is 27.3. The van der Waals surface area contributed by atoms with E-state index in [2.05, 4.69) is 10.3 Å². The maximum atomic E-state index is 12.4. The number of aryl methyl sites for hydroxylation is 1. The molecule has 1 aromatic carbocycles. The first kappa shape index (κ1) is 16.7. The minimum atomic E-state index is -0.892. The fourth-order valence-corrected chi connectivity index (χ4v) is 2.16. The molecule has 0 radical (unpaired) electrons. The van der Waals surface area contributed by atoms with Crippen molar-refractivity contribution in [1.82, 2.24) is 10.3 Å². The number of carboxylic acids is 1. The molecule has 0 atom stereocenters. The van der Waals surface area contributed by atoms with Crippen molar-refractivity contribution < 1.29 is 19.1 Å². The lowest BCUT2D eigenvalue weighted by molar-refractivity contribution is -0.137. The summed E-state index contributed by atoms with van der Waals surface area (Å²) in [6, 6.07) is 9.32. The number of rotatable bonds is 6. The van der Waals surface area contributed by atoms with Crippen LogP contribution in [0.15, 0.2) is 34.7 Å². The SMILES string of the molecule is Cc1oc(-c2ccccc2)nc1C(=O)NC(C)(C)CCC(=O)O. The number of carbonyl (C=O) groups is 2. The lowest BCUT2D eigenvalue weighted by atomic mass is 9.98. The summed E-state index contributed by atoms with van der Waals surface area (Å²) in [5, 5.41) is 11.6. The third kappa shape index (κ3) is 4.42. The molecule has 0 aliphatic rings. The van der Waals surface area contributed by atoms with Crippen molar-refractivity contribution in [2.45, 2.75) is 39.2 Å². The Morgan fingerprint density at radius 1 is 1.26 bits per heavy atom. The van der Waals surface area contributed by atoms with Crippen LogP contribution >= 0.6 is 0 Å². The van der Waals surface area contributed by atoms with E-state index in [9.17, 15) is 9.59 Å². The van der Waals surface area contributed by atoms with Crippen LogP contribution in [0.5, 0.6) is 0 Å². The first-order valence-electron chi connectivity index (χ1n) is 7.36. The van der Waals surface area contributed by atoms with Gasteiger partial charge < -0.3 is 14.8 Å². The lowest BCUT2D eigenvalue weighted by Gasteiger charge is -2.25. The second kappa shape index (κ2) is 6.64. The Balaban J connectivity index is 2.14. The van der Waals surface area contributed by atoms with Crippen LogP contribution in [-0.2, 0) is 4.79 Å². The van der Waals surface area contributed by atoms with Gasteiger partial charge in [0.15, 0.2) is 5.69 Å². The van der Waals surface area contributed by atoms with Crippen LogP contribution in [0.3, 0.4) is 0 Å². The Kier molecular flexibility index (Phi) is 4.83. The standard InChI is InChI=1S/C17H20N2O4/c1-11-14(15(22)19-17(2,3)10-9-13(20)21)18-16(23-11)12-7-5-4-6-8-12/h4-8H,9-10H2,1-3H3,(H,19,22)(H,20,21). The molecule has 2 N–H and O–H groups in total. The highest BCUT2D eigenvalue weighted by molar-refractivity contribution is 5.94. The topological polar surface area (TPSA) is 92.4 Å². The fraction of sp³-hybridized carbons (Fsp3) is 0.353. The van der Waals surface area contributed by atoms with Gasteiger partial charge in [-0.15, -0.1) is 0 Å². The monoisotopic (exact) mass is 316 g/mol. The van der Waals surface area contributed by atoms with Crippen LogP contribution in [0.25, 0.3) is 11.5 Å². The normalized spacial score (nSPS) is 11.3. The van der Waals surface area contributed by atoms with E-state index in [0.717, 1.165) is 5.56 Å². The molecule has 6 heteroatoms. The summed E-state index contributed by atoms with van der Waals surface area (Å²) in [5.74, 6) is -0.452. The van der Waals surface area contributed by atoms with E-state index in [-0.39, 0.29) is 18.0 Å². The van der Waals surface area contributed by atoms with Crippen LogP contribution in [0.1, 0.15) is 42.9 Å². The molecule has 0 bridgehead atoms. The van der Waals surface area contributed by atoms with Gasteiger partial charge >= 0.3 is 5.97 Å². The number of hydrogen-bond donors (Lipinski definition) is 2. The summed E-state index contributed by atoms with van der Waals surface area (Å²) < 4.78 is 5.57. The molecule has 1 amide bonds. The van der Waals surface area contributed by atoms with Crippen molar-refractivity contribution in [2.24, 2.45) is 0 Å². The first-order chi connectivity index (χ1) is 10.8. The molecule has 0 fully saturated rings. The summed E-state index contributed by atoms with van der Waals surface area (Å²) in [6.07, 6.45) is 0.316. The number of nitrogens with zero attached hydrogens (tertiary/aromatic N) is 1. The minimum absolute atomic E-state index is 0.0135. The maximum Gasteiger partial charge on any atom is 0.303 e. The van der Waals surface area contributed by atoms with Crippen molar-refractivity contribution in [3.63, 3.8) is 0 Å². The fourth-order valence-electron chi connectivity index (χ4n) is 2.16. The highest BCUT2D eigenvalue weighted by Crippen LogP contribution is 2.22. The number of nitrogens with one attached hydrogen (secondary N) is 1. The number of carbonyl (C=O) groups excluding carboxylic acids is 1. The molecule has 23 heavy (non-hydrogen) atoms. The molecule has 0 saturated carbocycles. The third-order valence-corrected chi connectivity index (χ3v) is 3.45. The number of amides is 1. The zero-order valence-electron chi connectivity index (χ0n) is 13.4. The van der Waals surface area contributed by atoms with Crippen molar-refractivity contribution >= 4 is 11.9 Å². The van der Waals surface area contributed by atoms with Gasteiger partial charge in [0.25, 0.3) is 5.91 Å². The molecule has 0 spiro atoms. The highest BCUT2D eigenvalue weighted by Gasteiger charge is 2.25. The quantitative estimate of drug-likeness (QED) is 0.854. The molecular formula is C17H20N2O4. The van der Waals surface area contributed by atoms with E-state index in [1.54, 1.807) is 20.8 Å². The average molecular weight is 316 g/mol. The van der Waals surface area contributed by atoms with Gasteiger partial charge in [-0.1, -0.05) is 18.2 Å². The Morgan fingerprint density at radius 3 is 2.52 bits per heavy atom. The Labute approximate surface area is 134 Å². The Bertz CT molecular complexity index is 705. The van der Waals surface area contributed by atoms with Gasteiger partial charge in [0, 0.05) is 17.5 Å². The van der Waals surface area contributed by atoms with Gasteiger partial charge in [0.2, 0.25) is 5.89 Å². The Morgan fingerprint density at radius 2 is 1.91 bits per heavy atom. The van der Waals surface area contributed by atoms with E-state index in [1.165, 1.54) is 0 Å². The van der Waals surface area contributed by atoms with E-state index < -0.39 is 11.5 Å². The second-order valence-corrected chi connectivity index (χ2v) is 6.02. The number of hydrogen-bond acceptors (Lipinski definition) is 4. The molecule has 0 aliphatic heterocycles. The maximum absolute atomic E-state index is 12.4. The van der Waals surface area contributed by atoms with Gasteiger partial charge in [-0.05, 0) is 39.3 Å². The third-order valence-electron chi connectivity index (χ3n) is 3.45. The minimum Gasteiger partial charge on any atom is -0.481 e. The van der Waals surface area contributed by atoms with Gasteiger partial charge in [0.1, 0.15) is 5.76 Å². The van der Waals surface area contributed by atoms with E-state index in [1.807, 2.05) is 30.3 Å². The van der Waals surface area contributed by atoms with Crippen LogP contribution in [0.4, 0.5) is 0 Å². The summed E-state index contributed by atoms with van der Waals surface area (Å²) in [7, 11) is 0. The molecule has 1 aromatic heterocycles. The number of aromatic nitrogens is 1. The number of benzene rings is 1. The number of carboxylic acid groups (broad SMARTS) is 1. The molecule has 2 rings (SSSR count). The van der Waals surface area contributed by atoms with Crippen molar-refractivity contribution in [3.05, 3.63) is 41.8 Å². The zero-order chi connectivity index (χ0) is 17.0. The molecule has 0 saturated heterocycles. The second-order valence-electron chi connectivity index (χ2n) is 6.02. The van der Waals surface area contributed by atoms with Crippen LogP contribution in [-0.4, -0.2) is 27.5 Å². The van der Waals surface area contributed by atoms with Gasteiger partial charge in [0.05, 0.1) is 0 Å². The lowest BCUT2D eigenvalue weighted by Crippen LogP contribution is -2.44. The summed E-state index contributed by atoms with van der Waals surface area (Å²) >= 11 is 0. The zero-order valence-corrected chi connectivity index (χ0v) is 13.4. The van der Waals surface area contributed by atoms with E-state index >= 15 is 0 Å². The van der Waals surface area contributed by atoms with Crippen LogP contribution in [0, 0.1) is 6.92 Å². The molecule has 1 heterocycles. The number of aliphatic carboxylic acids is 1. The van der Waals surface area contributed by atoms with Crippen molar-refractivity contribution in [1.29, 1.82) is 0 Å². The number of oxazole rings is 1. The average Bonchev–Trinajstić information content (AvgIpc) is 2.88. The van der Waals surface area contributed by atoms with Crippen molar-refractivity contribution in [2.75, 3.05) is 0 Å². The first-order valence-corrected chi connectivity index (χ1v) is 7.36. The highest BCUT2D eigenvalue weighted by atomic mass is 16.4. The van der Waals surface area contributed by atoms with Gasteiger partial charge in [-0.25, -0.2) is 4.98 Å². The molecule has 2 aromatic rings. The summed E-state index contributed by atoms with van der Waals surface area (Å²) in [5.41, 5.74) is 0.361. The summed E-state index contributed by atoms with van der Waals surface area (Å²) in [6.45, 7) is 5.24. The largest absolute Gasteiger partial charge is 0.481 e.